The molecule has 2 aromatic rings. The number of nitrogens with one attached hydrogen (secondary N) is 1. The van der Waals surface area contributed by atoms with Gasteiger partial charge in [-0.1, -0.05) is 18.2 Å². The molecule has 2 heterocycles. The summed E-state index contributed by atoms with van der Waals surface area (Å²) in [6, 6.07) is 6.72. The van der Waals surface area contributed by atoms with Gasteiger partial charge in [0.2, 0.25) is 0 Å². The molecular weight excluding hydrogens is 276 g/mol. The van der Waals surface area contributed by atoms with Gasteiger partial charge in [0.05, 0.1) is 13.0 Å². The number of hydrogen-bond donors (Lipinski definition) is 1. The molecule has 1 N–H and O–H groups in total. The molecule has 2 aliphatic rings. The fourth-order valence-corrected chi connectivity index (χ4v) is 4.02. The highest BCUT2D eigenvalue weighted by atomic mass is 16.5. The highest BCUT2D eigenvalue weighted by Gasteiger charge is 2.36. The van der Waals surface area contributed by atoms with Crippen LogP contribution in [0.5, 0.6) is 0 Å². The van der Waals surface area contributed by atoms with Crippen LogP contribution in [0.3, 0.4) is 0 Å². The predicted octanol–water partition coefficient (Wildman–Crippen LogP) is 2.52. The molecule has 22 heavy (non-hydrogen) atoms. The minimum Gasteiger partial charge on any atom is -0.469 e. The average molecular weight is 296 g/mol. The predicted molar refractivity (Wildman–Crippen MR) is 86.6 cm³/mol. The minimum absolute atomic E-state index is 0.152. The summed E-state index contributed by atoms with van der Waals surface area (Å²) in [5.41, 5.74) is 6.38. The van der Waals surface area contributed by atoms with E-state index in [0.29, 0.717) is 6.04 Å². The third-order valence-electron chi connectivity index (χ3n) is 5.11. The lowest BCUT2D eigenvalue weighted by atomic mass is 9.79. The Morgan fingerprint density at radius 1 is 1.41 bits per heavy atom. The van der Waals surface area contributed by atoms with Crippen molar-refractivity contribution in [2.75, 3.05) is 20.7 Å². The second-order valence-corrected chi connectivity index (χ2v) is 6.37. The third kappa shape index (κ3) is 1.77. The first-order valence-corrected chi connectivity index (χ1v) is 7.70. The standard InChI is InChI=1S/C18H20N2O2/c1-10-13-8-16-14(7-11(9-20(16)2)18(21)22-3)12-5-4-6-15(19-10)17(12)13/h4-7,11,16,19H,8-9H2,1-3H3/t11-,16-/m1/s1. The summed E-state index contributed by atoms with van der Waals surface area (Å²) in [5.74, 6) is -0.334. The molecule has 2 atom stereocenters. The highest BCUT2D eigenvalue weighted by molar-refractivity contribution is 5.99. The number of likely N-dealkylation sites (N-methyl/N-ethyl adjacent to an activating group) is 1. The molecule has 114 valence electrons. The Bertz CT molecular complexity index is 803. The number of aryl methyl sites for hydroxylation is 1. The molecule has 0 unspecified atom stereocenters. The Morgan fingerprint density at radius 2 is 2.23 bits per heavy atom. The van der Waals surface area contributed by atoms with E-state index in [1.807, 2.05) is 0 Å². The Labute approximate surface area is 129 Å². The van der Waals surface area contributed by atoms with Crippen LogP contribution in [0, 0.1) is 12.8 Å². The molecule has 4 rings (SSSR count). The van der Waals surface area contributed by atoms with Crippen molar-refractivity contribution in [3.63, 3.8) is 0 Å². The van der Waals surface area contributed by atoms with Gasteiger partial charge < -0.3 is 9.72 Å². The molecular formula is C18H20N2O2. The number of carbonyl (C=O) groups is 1. The van der Waals surface area contributed by atoms with Crippen LogP contribution in [0.4, 0.5) is 0 Å². The Morgan fingerprint density at radius 3 is 3.00 bits per heavy atom. The maximum atomic E-state index is 12.0. The fraction of sp³-hybridized carbons (Fsp3) is 0.389. The molecule has 4 heteroatoms. The molecule has 0 fully saturated rings. The zero-order chi connectivity index (χ0) is 15.4. The van der Waals surface area contributed by atoms with E-state index in [0.717, 1.165) is 13.0 Å². The summed E-state index contributed by atoms with van der Waals surface area (Å²) in [6.07, 6.45) is 3.12. The van der Waals surface area contributed by atoms with Gasteiger partial charge in [-0.25, -0.2) is 0 Å². The number of nitrogens with zero attached hydrogens (tertiary/aromatic N) is 1. The van der Waals surface area contributed by atoms with Crippen LogP contribution in [-0.2, 0) is 16.0 Å². The summed E-state index contributed by atoms with van der Waals surface area (Å²) < 4.78 is 4.95. The molecule has 0 amide bonds. The molecule has 0 radical (unpaired) electrons. The van der Waals surface area contributed by atoms with Gasteiger partial charge in [-0.3, -0.25) is 9.69 Å². The van der Waals surface area contributed by atoms with Crippen molar-refractivity contribution in [3.8, 4) is 0 Å². The van der Waals surface area contributed by atoms with E-state index in [1.165, 1.54) is 40.4 Å². The summed E-state index contributed by atoms with van der Waals surface area (Å²) in [5, 5.41) is 1.32. The van der Waals surface area contributed by atoms with Crippen LogP contribution < -0.4 is 0 Å². The molecule has 1 aliphatic carbocycles. The van der Waals surface area contributed by atoms with Gasteiger partial charge in [0.15, 0.2) is 0 Å². The van der Waals surface area contributed by atoms with Crippen LogP contribution in [0.1, 0.15) is 16.8 Å². The Balaban J connectivity index is 1.93. The minimum atomic E-state index is -0.182. The van der Waals surface area contributed by atoms with Crippen molar-refractivity contribution in [3.05, 3.63) is 41.1 Å². The van der Waals surface area contributed by atoms with Gasteiger partial charge in [0.25, 0.3) is 0 Å². The second-order valence-electron chi connectivity index (χ2n) is 6.37. The quantitative estimate of drug-likeness (QED) is 0.823. The van der Waals surface area contributed by atoms with Crippen molar-refractivity contribution < 1.29 is 9.53 Å². The molecule has 0 bridgehead atoms. The van der Waals surface area contributed by atoms with Gasteiger partial charge >= 0.3 is 5.97 Å². The lowest BCUT2D eigenvalue weighted by Gasteiger charge is -2.39. The molecule has 4 nitrogen and oxygen atoms in total. The van der Waals surface area contributed by atoms with Gasteiger partial charge in [0, 0.05) is 29.2 Å². The number of rotatable bonds is 1. The van der Waals surface area contributed by atoms with E-state index in [1.54, 1.807) is 0 Å². The molecule has 0 saturated heterocycles. The topological polar surface area (TPSA) is 45.3 Å². The fourth-order valence-electron chi connectivity index (χ4n) is 4.02. The van der Waals surface area contributed by atoms with Crippen LogP contribution in [0.25, 0.3) is 16.5 Å². The van der Waals surface area contributed by atoms with Gasteiger partial charge in [-0.15, -0.1) is 0 Å². The lowest BCUT2D eigenvalue weighted by molar-refractivity contribution is -0.144. The molecule has 0 saturated carbocycles. The Kier molecular flexibility index (Phi) is 2.91. The van der Waals surface area contributed by atoms with E-state index in [9.17, 15) is 4.79 Å². The number of carbonyl (C=O) groups excluding carboxylic acids is 1. The molecule has 1 aliphatic heterocycles. The average Bonchev–Trinajstić information content (AvgIpc) is 2.84. The first-order chi connectivity index (χ1) is 10.6. The van der Waals surface area contributed by atoms with E-state index in [4.69, 9.17) is 4.74 Å². The number of methoxy groups -OCH3 is 1. The smallest absolute Gasteiger partial charge is 0.313 e. The highest BCUT2D eigenvalue weighted by Crippen LogP contribution is 2.42. The van der Waals surface area contributed by atoms with Crippen LogP contribution >= 0.6 is 0 Å². The maximum Gasteiger partial charge on any atom is 0.313 e. The van der Waals surface area contributed by atoms with Gasteiger partial charge in [0.1, 0.15) is 0 Å². The summed E-state index contributed by atoms with van der Waals surface area (Å²) in [7, 11) is 3.56. The van der Waals surface area contributed by atoms with E-state index < -0.39 is 0 Å². The number of hydrogen-bond acceptors (Lipinski definition) is 3. The van der Waals surface area contributed by atoms with Crippen LogP contribution in [0.15, 0.2) is 24.3 Å². The first kappa shape index (κ1) is 13.6. The monoisotopic (exact) mass is 296 g/mol. The van der Waals surface area contributed by atoms with E-state index in [2.05, 4.69) is 48.1 Å². The van der Waals surface area contributed by atoms with Crippen molar-refractivity contribution in [2.24, 2.45) is 5.92 Å². The molecule has 0 spiro atoms. The number of aromatic nitrogens is 1. The summed E-state index contributed by atoms with van der Waals surface area (Å²) in [4.78, 5) is 17.8. The van der Waals surface area contributed by atoms with Crippen molar-refractivity contribution in [1.82, 2.24) is 9.88 Å². The maximum absolute atomic E-state index is 12.0. The lowest BCUT2D eigenvalue weighted by Crippen LogP contribution is -2.44. The largest absolute Gasteiger partial charge is 0.469 e. The normalized spacial score (nSPS) is 24.0. The van der Waals surface area contributed by atoms with Crippen molar-refractivity contribution in [1.29, 1.82) is 0 Å². The SMILES string of the molecule is COC(=O)[C@@H]1C=C2c3cccc4[nH]c(C)c(c34)C[C@H]2N(C)C1. The number of fused-ring (bicyclic) bond motifs is 2. The zero-order valence-electron chi connectivity index (χ0n) is 13.1. The van der Waals surface area contributed by atoms with E-state index >= 15 is 0 Å². The van der Waals surface area contributed by atoms with Gasteiger partial charge in [-0.2, -0.15) is 0 Å². The molecule has 1 aromatic carbocycles. The van der Waals surface area contributed by atoms with Crippen molar-refractivity contribution >= 4 is 22.4 Å². The first-order valence-electron chi connectivity index (χ1n) is 7.70. The van der Waals surface area contributed by atoms with Crippen LogP contribution in [-0.4, -0.2) is 42.6 Å². The van der Waals surface area contributed by atoms with Crippen LogP contribution in [0.2, 0.25) is 0 Å². The number of H-pyrrole nitrogens is 1. The van der Waals surface area contributed by atoms with Gasteiger partial charge in [-0.05, 0) is 43.2 Å². The number of aromatic amines is 1. The number of benzene rings is 1. The van der Waals surface area contributed by atoms with Crippen molar-refractivity contribution in [2.45, 2.75) is 19.4 Å². The summed E-state index contributed by atoms with van der Waals surface area (Å²) in [6.45, 7) is 2.86. The zero-order valence-corrected chi connectivity index (χ0v) is 13.1. The Hall–Kier alpha value is -2.07. The second kappa shape index (κ2) is 4.71. The molecule has 1 aromatic heterocycles. The number of esters is 1. The summed E-state index contributed by atoms with van der Waals surface area (Å²) >= 11 is 0. The van der Waals surface area contributed by atoms with E-state index in [-0.39, 0.29) is 11.9 Å². The third-order valence-corrected chi connectivity index (χ3v) is 5.11. The number of ether oxygens (including phenoxy) is 1.